The van der Waals surface area contributed by atoms with Gasteiger partial charge in [-0.1, -0.05) is 29.5 Å². The van der Waals surface area contributed by atoms with Crippen LogP contribution in [0.2, 0.25) is 5.02 Å². The molecule has 0 aliphatic heterocycles. The highest BCUT2D eigenvalue weighted by atomic mass is 35.5. The molecule has 0 radical (unpaired) electrons. The first-order valence-corrected chi connectivity index (χ1v) is 5.42. The number of ketones is 1. The van der Waals surface area contributed by atoms with Crippen LogP contribution in [0.25, 0.3) is 0 Å². The predicted molar refractivity (Wildman–Crippen MR) is 67.0 cm³/mol. The predicted octanol–water partition coefficient (Wildman–Crippen LogP) is 2.03. The number of hydrogen-bond acceptors (Lipinski definition) is 2. The lowest BCUT2D eigenvalue weighted by Crippen LogP contribution is -2.19. The molecule has 1 rings (SSSR count). The second-order valence-electron chi connectivity index (χ2n) is 3.46. The fourth-order valence-electron chi connectivity index (χ4n) is 1.14. The Morgan fingerprint density at radius 1 is 1.35 bits per heavy atom. The summed E-state index contributed by atoms with van der Waals surface area (Å²) in [5, 5.41) is 2.99. The van der Waals surface area contributed by atoms with Crippen molar-refractivity contribution in [3.63, 3.8) is 0 Å². The average Bonchev–Trinajstić information content (AvgIpc) is 2.25. The van der Waals surface area contributed by atoms with Gasteiger partial charge in [0, 0.05) is 18.1 Å². The largest absolute Gasteiger partial charge is 0.345 e. The number of rotatable bonds is 2. The van der Waals surface area contributed by atoms with E-state index in [0.717, 1.165) is 0 Å². The van der Waals surface area contributed by atoms with E-state index in [1.165, 1.54) is 13.8 Å². The molecule has 88 valence electrons. The minimum Gasteiger partial charge on any atom is -0.345 e. The monoisotopic (exact) mass is 249 g/mol. The van der Waals surface area contributed by atoms with Gasteiger partial charge in [0.2, 0.25) is 5.91 Å². The zero-order valence-corrected chi connectivity index (χ0v) is 10.4. The van der Waals surface area contributed by atoms with Crippen molar-refractivity contribution in [3.05, 3.63) is 34.3 Å². The van der Waals surface area contributed by atoms with E-state index in [-0.39, 0.29) is 18.2 Å². The lowest BCUT2D eigenvalue weighted by molar-refractivity contribution is -0.118. The van der Waals surface area contributed by atoms with Crippen LogP contribution < -0.4 is 5.32 Å². The van der Waals surface area contributed by atoms with Gasteiger partial charge in [-0.2, -0.15) is 0 Å². The summed E-state index contributed by atoms with van der Waals surface area (Å²) in [4.78, 5) is 21.7. The second-order valence-corrected chi connectivity index (χ2v) is 3.87. The summed E-state index contributed by atoms with van der Waals surface area (Å²) in [6, 6.07) is 4.96. The van der Waals surface area contributed by atoms with E-state index in [0.29, 0.717) is 16.1 Å². The van der Waals surface area contributed by atoms with E-state index in [4.69, 9.17) is 11.6 Å². The van der Waals surface area contributed by atoms with Gasteiger partial charge in [0.1, 0.15) is 0 Å². The van der Waals surface area contributed by atoms with Crippen LogP contribution in [0, 0.1) is 11.8 Å². The van der Waals surface area contributed by atoms with Crippen molar-refractivity contribution in [1.82, 2.24) is 5.32 Å². The summed E-state index contributed by atoms with van der Waals surface area (Å²) in [7, 11) is 0. The number of carbonyl (C=O) groups excluding carboxylic acids is 2. The van der Waals surface area contributed by atoms with E-state index in [1.807, 2.05) is 0 Å². The normalized spacial score (nSPS) is 9.12. The van der Waals surface area contributed by atoms with E-state index >= 15 is 0 Å². The maximum absolute atomic E-state index is 11.1. The highest BCUT2D eigenvalue weighted by molar-refractivity contribution is 6.32. The van der Waals surface area contributed by atoms with Crippen molar-refractivity contribution in [2.75, 3.05) is 6.54 Å². The molecular formula is C13H12ClNO2. The molecule has 0 fully saturated rings. The van der Waals surface area contributed by atoms with Crippen LogP contribution >= 0.6 is 11.6 Å². The fraction of sp³-hybridized carbons (Fsp3) is 0.231. The molecule has 1 aromatic carbocycles. The molecule has 0 saturated heterocycles. The number of halogens is 1. The molecular weight excluding hydrogens is 238 g/mol. The van der Waals surface area contributed by atoms with Crippen molar-refractivity contribution < 1.29 is 9.59 Å². The van der Waals surface area contributed by atoms with Crippen LogP contribution in [0.15, 0.2) is 18.2 Å². The number of nitrogens with one attached hydrogen (secondary N) is 1. The molecule has 3 nitrogen and oxygen atoms in total. The van der Waals surface area contributed by atoms with Crippen molar-refractivity contribution >= 4 is 23.3 Å². The summed E-state index contributed by atoms with van der Waals surface area (Å²) in [5.74, 6) is 5.43. The van der Waals surface area contributed by atoms with Crippen molar-refractivity contribution in [3.8, 4) is 11.8 Å². The van der Waals surface area contributed by atoms with Gasteiger partial charge in [0.05, 0.1) is 11.6 Å². The molecule has 0 aliphatic carbocycles. The Kier molecular flexibility index (Phi) is 4.74. The van der Waals surface area contributed by atoms with Gasteiger partial charge in [-0.25, -0.2) is 0 Å². The molecule has 1 aromatic rings. The minimum atomic E-state index is -0.127. The lowest BCUT2D eigenvalue weighted by Gasteiger charge is -1.99. The number of benzene rings is 1. The minimum absolute atomic E-state index is 0.0374. The summed E-state index contributed by atoms with van der Waals surface area (Å²) < 4.78 is 0. The Bertz CT molecular complexity index is 512. The molecule has 0 aliphatic rings. The third-order valence-corrected chi connectivity index (χ3v) is 2.34. The molecule has 17 heavy (non-hydrogen) atoms. The smallest absolute Gasteiger partial charge is 0.217 e. The van der Waals surface area contributed by atoms with Crippen LogP contribution in [0.4, 0.5) is 0 Å². The van der Waals surface area contributed by atoms with Crippen LogP contribution in [-0.4, -0.2) is 18.2 Å². The highest BCUT2D eigenvalue weighted by Crippen LogP contribution is 2.17. The molecule has 0 saturated carbocycles. The zero-order valence-electron chi connectivity index (χ0n) is 9.63. The summed E-state index contributed by atoms with van der Waals surface area (Å²) >= 11 is 5.97. The number of hydrogen-bond donors (Lipinski definition) is 1. The third kappa shape index (κ3) is 4.29. The molecule has 0 atom stereocenters. The van der Waals surface area contributed by atoms with Crippen molar-refractivity contribution in [1.29, 1.82) is 0 Å². The number of carbonyl (C=O) groups is 2. The third-order valence-electron chi connectivity index (χ3n) is 2.02. The van der Waals surface area contributed by atoms with Crippen LogP contribution in [0.1, 0.15) is 29.8 Å². The summed E-state index contributed by atoms with van der Waals surface area (Å²) in [5.41, 5.74) is 1.20. The molecule has 1 amide bonds. The fourth-order valence-corrected chi connectivity index (χ4v) is 1.37. The average molecular weight is 250 g/mol. The van der Waals surface area contributed by atoms with Gasteiger partial charge in [-0.3, -0.25) is 9.59 Å². The van der Waals surface area contributed by atoms with Gasteiger partial charge >= 0.3 is 0 Å². The van der Waals surface area contributed by atoms with Crippen LogP contribution in [0.3, 0.4) is 0 Å². The van der Waals surface area contributed by atoms with E-state index in [2.05, 4.69) is 17.2 Å². The van der Waals surface area contributed by atoms with Gasteiger partial charge in [-0.05, 0) is 19.1 Å². The first-order valence-electron chi connectivity index (χ1n) is 5.04. The number of amides is 1. The standard InChI is InChI=1S/C13H12ClNO2/c1-9(16)12-6-5-11(13(14)8-12)4-3-7-15-10(2)17/h5-6,8H,7H2,1-2H3,(H,15,17). The SMILES string of the molecule is CC(=O)NCC#Cc1ccc(C(C)=O)cc1Cl. The van der Waals surface area contributed by atoms with Crippen LogP contribution in [0.5, 0.6) is 0 Å². The molecule has 4 heteroatoms. The first-order chi connectivity index (χ1) is 8.00. The molecule has 0 unspecified atom stereocenters. The van der Waals surface area contributed by atoms with Gasteiger partial charge < -0.3 is 5.32 Å². The van der Waals surface area contributed by atoms with Gasteiger partial charge in [0.25, 0.3) is 0 Å². The second kappa shape index (κ2) is 6.07. The number of Topliss-reactive ketones (excluding diaryl/α,β-unsaturated/α-hetero) is 1. The maximum atomic E-state index is 11.1. The molecule has 0 heterocycles. The Labute approximate surface area is 105 Å². The van der Waals surface area contributed by atoms with Gasteiger partial charge in [0.15, 0.2) is 5.78 Å². The van der Waals surface area contributed by atoms with Crippen LogP contribution in [-0.2, 0) is 4.79 Å². The summed E-state index contributed by atoms with van der Waals surface area (Å²) in [6.07, 6.45) is 0. The Morgan fingerprint density at radius 3 is 2.59 bits per heavy atom. The molecule has 0 aromatic heterocycles. The summed E-state index contributed by atoms with van der Waals surface area (Å²) in [6.45, 7) is 3.18. The van der Waals surface area contributed by atoms with E-state index in [1.54, 1.807) is 18.2 Å². The molecule has 0 spiro atoms. The van der Waals surface area contributed by atoms with Crippen molar-refractivity contribution in [2.24, 2.45) is 0 Å². The lowest BCUT2D eigenvalue weighted by atomic mass is 10.1. The highest BCUT2D eigenvalue weighted by Gasteiger charge is 2.02. The first kappa shape index (κ1) is 13.3. The van der Waals surface area contributed by atoms with Crippen molar-refractivity contribution in [2.45, 2.75) is 13.8 Å². The Hall–Kier alpha value is -1.79. The molecule has 1 N–H and O–H groups in total. The zero-order chi connectivity index (χ0) is 12.8. The Morgan fingerprint density at radius 2 is 2.06 bits per heavy atom. The maximum Gasteiger partial charge on any atom is 0.217 e. The topological polar surface area (TPSA) is 46.2 Å². The van der Waals surface area contributed by atoms with Gasteiger partial charge in [-0.15, -0.1) is 0 Å². The molecule has 0 bridgehead atoms. The Balaban J connectivity index is 2.79. The quantitative estimate of drug-likeness (QED) is 0.644. The van der Waals surface area contributed by atoms with E-state index < -0.39 is 0 Å². The van der Waals surface area contributed by atoms with E-state index in [9.17, 15) is 9.59 Å².